The highest BCUT2D eigenvalue weighted by molar-refractivity contribution is 5.89. The Hall–Kier alpha value is -2.69. The van der Waals surface area contributed by atoms with Crippen LogP contribution in [-0.4, -0.2) is 26.8 Å². The second kappa shape index (κ2) is 8.68. The smallest absolute Gasteiger partial charge is 0.319 e. The number of rotatable bonds is 7. The summed E-state index contributed by atoms with van der Waals surface area (Å²) in [4.78, 5) is 11.8. The number of hydrogen-bond acceptors (Lipinski definition) is 3. The number of methoxy groups -OCH3 is 2. The van der Waals surface area contributed by atoms with Crippen LogP contribution in [0.4, 0.5) is 10.5 Å². The zero-order valence-electron chi connectivity index (χ0n) is 13.5. The number of carbonyl (C=O) groups is 1. The van der Waals surface area contributed by atoms with Gasteiger partial charge in [-0.25, -0.2) is 4.79 Å². The third-order valence-corrected chi connectivity index (χ3v) is 3.39. The molecule has 0 saturated carbocycles. The number of amides is 2. The predicted octanol–water partition coefficient (Wildman–Crippen LogP) is 3.46. The summed E-state index contributed by atoms with van der Waals surface area (Å²) in [7, 11) is 3.25. The third kappa shape index (κ3) is 5.54. The van der Waals surface area contributed by atoms with E-state index in [1.54, 1.807) is 20.3 Å². The van der Waals surface area contributed by atoms with Crippen molar-refractivity contribution in [3.8, 4) is 11.5 Å². The maximum atomic E-state index is 11.8. The Kier molecular flexibility index (Phi) is 6.29. The van der Waals surface area contributed by atoms with E-state index in [9.17, 15) is 4.79 Å². The van der Waals surface area contributed by atoms with Crippen molar-refractivity contribution < 1.29 is 14.3 Å². The second-order valence-electron chi connectivity index (χ2n) is 5.07. The number of urea groups is 1. The lowest BCUT2D eigenvalue weighted by atomic mass is 10.1. The summed E-state index contributed by atoms with van der Waals surface area (Å²) in [6.45, 7) is 0.604. The molecular weight excluding hydrogens is 292 g/mol. The van der Waals surface area contributed by atoms with Gasteiger partial charge < -0.3 is 20.1 Å². The van der Waals surface area contributed by atoms with Gasteiger partial charge in [0.2, 0.25) is 0 Å². The van der Waals surface area contributed by atoms with Crippen molar-refractivity contribution in [3.63, 3.8) is 0 Å². The first-order chi connectivity index (χ1) is 11.2. The van der Waals surface area contributed by atoms with E-state index in [-0.39, 0.29) is 6.03 Å². The monoisotopic (exact) mass is 314 g/mol. The van der Waals surface area contributed by atoms with Gasteiger partial charge in [-0.15, -0.1) is 0 Å². The SMILES string of the molecule is COc1cccc(CCCNC(=O)Nc2cccc(OC)c2)c1. The molecule has 0 atom stereocenters. The van der Waals surface area contributed by atoms with Crippen LogP contribution in [0.1, 0.15) is 12.0 Å². The molecule has 0 bridgehead atoms. The number of carbonyl (C=O) groups excluding carboxylic acids is 1. The lowest BCUT2D eigenvalue weighted by molar-refractivity contribution is 0.252. The Morgan fingerprint density at radius 2 is 1.70 bits per heavy atom. The van der Waals surface area contributed by atoms with Gasteiger partial charge in [0.05, 0.1) is 14.2 Å². The quantitative estimate of drug-likeness (QED) is 0.770. The summed E-state index contributed by atoms with van der Waals surface area (Å²) >= 11 is 0. The molecule has 0 aromatic heterocycles. The van der Waals surface area contributed by atoms with Gasteiger partial charge in [-0.3, -0.25) is 0 Å². The first-order valence-corrected chi connectivity index (χ1v) is 7.53. The number of hydrogen-bond donors (Lipinski definition) is 2. The zero-order chi connectivity index (χ0) is 16.5. The summed E-state index contributed by atoms with van der Waals surface area (Å²) < 4.78 is 10.3. The summed E-state index contributed by atoms with van der Waals surface area (Å²) in [5.41, 5.74) is 1.90. The van der Waals surface area contributed by atoms with Gasteiger partial charge >= 0.3 is 6.03 Å². The van der Waals surface area contributed by atoms with Crippen molar-refractivity contribution in [1.82, 2.24) is 5.32 Å². The molecule has 5 nitrogen and oxygen atoms in total. The minimum absolute atomic E-state index is 0.219. The molecule has 122 valence electrons. The fourth-order valence-electron chi connectivity index (χ4n) is 2.20. The average Bonchev–Trinajstić information content (AvgIpc) is 2.59. The van der Waals surface area contributed by atoms with Gasteiger partial charge in [0.1, 0.15) is 11.5 Å². The molecule has 2 rings (SSSR count). The maximum absolute atomic E-state index is 11.8. The number of nitrogens with one attached hydrogen (secondary N) is 2. The van der Waals surface area contributed by atoms with Crippen molar-refractivity contribution in [1.29, 1.82) is 0 Å². The van der Waals surface area contributed by atoms with Gasteiger partial charge in [0.15, 0.2) is 0 Å². The third-order valence-electron chi connectivity index (χ3n) is 3.39. The number of ether oxygens (including phenoxy) is 2. The molecule has 23 heavy (non-hydrogen) atoms. The Balaban J connectivity index is 1.72. The molecule has 0 aliphatic heterocycles. The van der Waals surface area contributed by atoms with Crippen LogP contribution in [0, 0.1) is 0 Å². The molecule has 0 fully saturated rings. The van der Waals surface area contributed by atoms with E-state index in [2.05, 4.69) is 16.7 Å². The van der Waals surface area contributed by atoms with E-state index >= 15 is 0 Å². The minimum atomic E-state index is -0.219. The van der Waals surface area contributed by atoms with Gasteiger partial charge in [-0.05, 0) is 42.7 Å². The van der Waals surface area contributed by atoms with Crippen molar-refractivity contribution in [3.05, 3.63) is 54.1 Å². The van der Waals surface area contributed by atoms with Crippen LogP contribution in [0.5, 0.6) is 11.5 Å². The zero-order valence-corrected chi connectivity index (χ0v) is 13.5. The molecule has 0 aliphatic carbocycles. The summed E-state index contributed by atoms with van der Waals surface area (Å²) in [5, 5.41) is 5.63. The first kappa shape index (κ1) is 16.7. The number of aryl methyl sites for hydroxylation is 1. The lowest BCUT2D eigenvalue weighted by Gasteiger charge is -2.09. The topological polar surface area (TPSA) is 59.6 Å². The lowest BCUT2D eigenvalue weighted by Crippen LogP contribution is -2.29. The van der Waals surface area contributed by atoms with Crippen LogP contribution < -0.4 is 20.1 Å². The molecular formula is C18H22N2O3. The van der Waals surface area contributed by atoms with E-state index in [0.29, 0.717) is 18.0 Å². The standard InChI is InChI=1S/C18H22N2O3/c1-22-16-9-3-6-14(12-16)7-5-11-19-18(21)20-15-8-4-10-17(13-15)23-2/h3-4,6,8-10,12-13H,5,7,11H2,1-2H3,(H2,19,20,21). The highest BCUT2D eigenvalue weighted by atomic mass is 16.5. The van der Waals surface area contributed by atoms with Crippen molar-refractivity contribution >= 4 is 11.7 Å². The normalized spacial score (nSPS) is 10.0. The summed E-state index contributed by atoms with van der Waals surface area (Å²) in [5.74, 6) is 1.56. The molecule has 2 aromatic carbocycles. The Bertz CT molecular complexity index is 644. The minimum Gasteiger partial charge on any atom is -0.497 e. The van der Waals surface area contributed by atoms with Gasteiger partial charge in [-0.1, -0.05) is 18.2 Å². The number of anilines is 1. The van der Waals surface area contributed by atoms with Crippen LogP contribution in [0.25, 0.3) is 0 Å². The first-order valence-electron chi connectivity index (χ1n) is 7.53. The Labute approximate surface area is 136 Å². The molecule has 0 aliphatic rings. The van der Waals surface area contributed by atoms with E-state index in [1.807, 2.05) is 36.4 Å². The average molecular weight is 314 g/mol. The molecule has 5 heteroatoms. The fourth-order valence-corrected chi connectivity index (χ4v) is 2.20. The molecule has 2 N–H and O–H groups in total. The molecule has 0 radical (unpaired) electrons. The van der Waals surface area contributed by atoms with E-state index in [1.165, 1.54) is 5.56 Å². The van der Waals surface area contributed by atoms with E-state index in [4.69, 9.17) is 9.47 Å². The van der Waals surface area contributed by atoms with Crippen molar-refractivity contribution in [2.45, 2.75) is 12.8 Å². The van der Waals surface area contributed by atoms with Gasteiger partial charge in [0, 0.05) is 18.3 Å². The molecule has 0 saturated heterocycles. The van der Waals surface area contributed by atoms with E-state index in [0.717, 1.165) is 18.6 Å². The van der Waals surface area contributed by atoms with Gasteiger partial charge in [-0.2, -0.15) is 0 Å². The largest absolute Gasteiger partial charge is 0.497 e. The highest BCUT2D eigenvalue weighted by Gasteiger charge is 2.02. The Morgan fingerprint density at radius 3 is 2.43 bits per heavy atom. The fraction of sp³-hybridized carbons (Fsp3) is 0.278. The summed E-state index contributed by atoms with van der Waals surface area (Å²) in [6.07, 6.45) is 1.75. The van der Waals surface area contributed by atoms with Crippen LogP contribution in [0.15, 0.2) is 48.5 Å². The number of benzene rings is 2. The van der Waals surface area contributed by atoms with Crippen LogP contribution in [-0.2, 0) is 6.42 Å². The second-order valence-corrected chi connectivity index (χ2v) is 5.07. The van der Waals surface area contributed by atoms with Crippen LogP contribution in [0.2, 0.25) is 0 Å². The molecule has 0 spiro atoms. The molecule has 0 unspecified atom stereocenters. The molecule has 2 amide bonds. The van der Waals surface area contributed by atoms with Crippen molar-refractivity contribution in [2.24, 2.45) is 0 Å². The molecule has 2 aromatic rings. The maximum Gasteiger partial charge on any atom is 0.319 e. The van der Waals surface area contributed by atoms with E-state index < -0.39 is 0 Å². The molecule has 0 heterocycles. The predicted molar refractivity (Wildman–Crippen MR) is 91.3 cm³/mol. The van der Waals surface area contributed by atoms with Crippen LogP contribution >= 0.6 is 0 Å². The van der Waals surface area contributed by atoms with Gasteiger partial charge in [0.25, 0.3) is 0 Å². The summed E-state index contributed by atoms with van der Waals surface area (Å²) in [6, 6.07) is 15.0. The Morgan fingerprint density at radius 1 is 1.00 bits per heavy atom. The van der Waals surface area contributed by atoms with Crippen LogP contribution in [0.3, 0.4) is 0 Å². The highest BCUT2D eigenvalue weighted by Crippen LogP contribution is 2.16. The van der Waals surface area contributed by atoms with Crippen molar-refractivity contribution in [2.75, 3.05) is 26.1 Å².